The zero-order valence-corrected chi connectivity index (χ0v) is 10.5. The van der Waals surface area contributed by atoms with Gasteiger partial charge in [0.2, 0.25) is 0 Å². The molecule has 0 fully saturated rings. The van der Waals surface area contributed by atoms with E-state index in [1.165, 1.54) is 30.3 Å². The standard InChI is InChI=1S/C13H11ClFN3O/c14-8-1-6-12(18-16)11(7-8)13(19)17-10-4-2-9(15)3-5-10/h1-7,18H,16H2,(H,17,19). The van der Waals surface area contributed by atoms with Crippen molar-refractivity contribution in [2.24, 2.45) is 5.84 Å². The van der Waals surface area contributed by atoms with E-state index in [0.29, 0.717) is 22.0 Å². The zero-order valence-electron chi connectivity index (χ0n) is 9.78. The Balaban J connectivity index is 2.24. The van der Waals surface area contributed by atoms with Crippen molar-refractivity contribution in [1.82, 2.24) is 0 Å². The van der Waals surface area contributed by atoms with Gasteiger partial charge in [-0.25, -0.2) is 4.39 Å². The van der Waals surface area contributed by atoms with Crippen molar-refractivity contribution in [1.29, 1.82) is 0 Å². The molecule has 0 aromatic heterocycles. The summed E-state index contributed by atoms with van der Waals surface area (Å²) in [5.41, 5.74) is 3.65. The van der Waals surface area contributed by atoms with E-state index < -0.39 is 0 Å². The Labute approximate surface area is 114 Å². The summed E-state index contributed by atoms with van der Waals surface area (Å²) in [6.07, 6.45) is 0. The quantitative estimate of drug-likeness (QED) is 0.598. The Bertz CT molecular complexity index is 601. The van der Waals surface area contributed by atoms with Gasteiger partial charge in [-0.1, -0.05) is 11.6 Å². The van der Waals surface area contributed by atoms with Crippen LogP contribution >= 0.6 is 11.6 Å². The van der Waals surface area contributed by atoms with E-state index in [1.54, 1.807) is 12.1 Å². The summed E-state index contributed by atoms with van der Waals surface area (Å²) in [6.45, 7) is 0. The second-order valence-electron chi connectivity index (χ2n) is 3.80. The Kier molecular flexibility index (Phi) is 3.99. The molecular weight excluding hydrogens is 269 g/mol. The third-order valence-electron chi connectivity index (χ3n) is 2.48. The first-order valence-corrected chi connectivity index (χ1v) is 5.81. The minimum atomic E-state index is -0.387. The lowest BCUT2D eigenvalue weighted by atomic mass is 10.1. The van der Waals surface area contributed by atoms with Crippen LogP contribution < -0.4 is 16.6 Å². The van der Waals surface area contributed by atoms with E-state index in [0.717, 1.165) is 0 Å². The van der Waals surface area contributed by atoms with E-state index >= 15 is 0 Å². The Morgan fingerprint density at radius 1 is 1.16 bits per heavy atom. The zero-order chi connectivity index (χ0) is 13.8. The van der Waals surface area contributed by atoms with Gasteiger partial charge in [0.1, 0.15) is 5.82 Å². The molecule has 0 heterocycles. The number of amides is 1. The molecule has 0 aliphatic heterocycles. The molecule has 19 heavy (non-hydrogen) atoms. The van der Waals surface area contributed by atoms with Gasteiger partial charge in [0.15, 0.2) is 0 Å². The second-order valence-corrected chi connectivity index (χ2v) is 4.23. The van der Waals surface area contributed by atoms with Crippen LogP contribution in [-0.2, 0) is 0 Å². The number of benzene rings is 2. The van der Waals surface area contributed by atoms with Gasteiger partial charge in [-0.05, 0) is 42.5 Å². The third-order valence-corrected chi connectivity index (χ3v) is 2.72. The lowest BCUT2D eigenvalue weighted by Gasteiger charge is -2.10. The molecule has 98 valence electrons. The summed E-state index contributed by atoms with van der Waals surface area (Å²) in [5, 5.41) is 3.05. The molecule has 2 aromatic rings. The average molecular weight is 280 g/mol. The van der Waals surface area contributed by atoms with Gasteiger partial charge < -0.3 is 10.7 Å². The highest BCUT2D eigenvalue weighted by molar-refractivity contribution is 6.31. The van der Waals surface area contributed by atoms with E-state index in [2.05, 4.69) is 10.7 Å². The third kappa shape index (κ3) is 3.21. The molecule has 0 saturated heterocycles. The highest BCUT2D eigenvalue weighted by Gasteiger charge is 2.12. The van der Waals surface area contributed by atoms with Crippen LogP contribution in [0.3, 0.4) is 0 Å². The van der Waals surface area contributed by atoms with Crippen molar-refractivity contribution >= 4 is 28.9 Å². The van der Waals surface area contributed by atoms with E-state index in [9.17, 15) is 9.18 Å². The van der Waals surface area contributed by atoms with Crippen LogP contribution in [0.1, 0.15) is 10.4 Å². The SMILES string of the molecule is NNc1ccc(Cl)cc1C(=O)Nc1ccc(F)cc1. The van der Waals surface area contributed by atoms with E-state index in [4.69, 9.17) is 17.4 Å². The van der Waals surface area contributed by atoms with Crippen LogP contribution in [0.5, 0.6) is 0 Å². The van der Waals surface area contributed by atoms with Crippen molar-refractivity contribution in [2.45, 2.75) is 0 Å². The van der Waals surface area contributed by atoms with Gasteiger partial charge in [0, 0.05) is 10.7 Å². The molecule has 0 radical (unpaired) electrons. The number of rotatable bonds is 3. The fraction of sp³-hybridized carbons (Fsp3) is 0. The molecule has 0 aliphatic carbocycles. The molecule has 4 N–H and O–H groups in total. The van der Waals surface area contributed by atoms with Crippen LogP contribution in [0.25, 0.3) is 0 Å². The minimum Gasteiger partial charge on any atom is -0.323 e. The fourth-order valence-corrected chi connectivity index (χ4v) is 1.73. The molecule has 0 unspecified atom stereocenters. The fourth-order valence-electron chi connectivity index (χ4n) is 1.56. The normalized spacial score (nSPS) is 10.1. The molecule has 2 rings (SSSR count). The predicted molar refractivity (Wildman–Crippen MR) is 73.6 cm³/mol. The summed E-state index contributed by atoms with van der Waals surface area (Å²) in [7, 11) is 0. The van der Waals surface area contributed by atoms with E-state index in [1.807, 2.05) is 0 Å². The number of carbonyl (C=O) groups excluding carboxylic acids is 1. The number of nitrogens with two attached hydrogens (primary N) is 1. The number of hydrazine groups is 1. The van der Waals surface area contributed by atoms with Gasteiger partial charge in [0.25, 0.3) is 5.91 Å². The number of hydrogen-bond acceptors (Lipinski definition) is 3. The summed E-state index contributed by atoms with van der Waals surface area (Å²) < 4.78 is 12.8. The van der Waals surface area contributed by atoms with Crippen LogP contribution in [0.4, 0.5) is 15.8 Å². The first-order chi connectivity index (χ1) is 9.10. The molecule has 2 aromatic carbocycles. The van der Waals surface area contributed by atoms with Crippen LogP contribution in [0.15, 0.2) is 42.5 Å². The van der Waals surface area contributed by atoms with Crippen LogP contribution in [-0.4, -0.2) is 5.91 Å². The number of anilines is 2. The maximum Gasteiger partial charge on any atom is 0.257 e. The molecule has 0 saturated carbocycles. The maximum atomic E-state index is 12.8. The van der Waals surface area contributed by atoms with Crippen molar-refractivity contribution < 1.29 is 9.18 Å². The first-order valence-electron chi connectivity index (χ1n) is 5.43. The number of halogens is 2. The van der Waals surface area contributed by atoms with Crippen LogP contribution in [0.2, 0.25) is 5.02 Å². The molecule has 0 aliphatic rings. The molecule has 6 heteroatoms. The summed E-state index contributed by atoms with van der Waals surface area (Å²) in [4.78, 5) is 12.1. The van der Waals surface area contributed by atoms with Gasteiger partial charge >= 0.3 is 0 Å². The van der Waals surface area contributed by atoms with Crippen molar-refractivity contribution in [2.75, 3.05) is 10.7 Å². The molecular formula is C13H11ClFN3O. The molecule has 0 bridgehead atoms. The molecule has 1 amide bonds. The van der Waals surface area contributed by atoms with Crippen molar-refractivity contribution in [3.63, 3.8) is 0 Å². The molecule has 0 atom stereocenters. The average Bonchev–Trinajstić information content (AvgIpc) is 2.41. The highest BCUT2D eigenvalue weighted by atomic mass is 35.5. The predicted octanol–water partition coefficient (Wildman–Crippen LogP) is 3.02. The van der Waals surface area contributed by atoms with Crippen molar-refractivity contribution in [3.05, 3.63) is 58.9 Å². The van der Waals surface area contributed by atoms with Crippen LogP contribution in [0, 0.1) is 5.82 Å². The van der Waals surface area contributed by atoms with Gasteiger partial charge in [0.05, 0.1) is 11.3 Å². The minimum absolute atomic E-state index is 0.305. The summed E-state index contributed by atoms with van der Waals surface area (Å²) >= 11 is 5.84. The lowest BCUT2D eigenvalue weighted by molar-refractivity contribution is 0.102. The Morgan fingerprint density at radius 3 is 2.47 bits per heavy atom. The Hall–Kier alpha value is -2.11. The van der Waals surface area contributed by atoms with Crippen molar-refractivity contribution in [3.8, 4) is 0 Å². The number of carbonyl (C=O) groups is 1. The number of hydrogen-bond donors (Lipinski definition) is 3. The number of nitrogen functional groups attached to an aromatic ring is 1. The van der Waals surface area contributed by atoms with Gasteiger partial charge in [-0.2, -0.15) is 0 Å². The smallest absolute Gasteiger partial charge is 0.257 e. The number of nitrogens with one attached hydrogen (secondary N) is 2. The Morgan fingerprint density at radius 2 is 1.84 bits per heavy atom. The topological polar surface area (TPSA) is 67.1 Å². The molecule has 4 nitrogen and oxygen atoms in total. The molecule has 0 spiro atoms. The van der Waals surface area contributed by atoms with E-state index in [-0.39, 0.29) is 11.7 Å². The lowest BCUT2D eigenvalue weighted by Crippen LogP contribution is -2.17. The monoisotopic (exact) mass is 279 g/mol. The van der Waals surface area contributed by atoms with Gasteiger partial charge in [-0.15, -0.1) is 0 Å². The maximum absolute atomic E-state index is 12.8. The second kappa shape index (κ2) is 5.69. The summed E-state index contributed by atoms with van der Waals surface area (Å²) in [5.74, 6) is 4.57. The first kappa shape index (κ1) is 13.3. The largest absolute Gasteiger partial charge is 0.323 e. The van der Waals surface area contributed by atoms with Gasteiger partial charge in [-0.3, -0.25) is 10.6 Å². The highest BCUT2D eigenvalue weighted by Crippen LogP contribution is 2.21. The summed E-state index contributed by atoms with van der Waals surface area (Å²) in [6, 6.07) is 10.2.